The largest absolute Gasteiger partial charge is 0.320 e. The van der Waals surface area contributed by atoms with Crippen LogP contribution in [-0.2, 0) is 6.42 Å². The van der Waals surface area contributed by atoms with Crippen LogP contribution >= 0.6 is 22.9 Å². The van der Waals surface area contributed by atoms with Gasteiger partial charge >= 0.3 is 0 Å². The molecule has 2 rings (SSSR count). The second-order valence-corrected chi connectivity index (χ2v) is 6.21. The van der Waals surface area contributed by atoms with Crippen LogP contribution in [0.15, 0.2) is 36.4 Å². The Kier molecular flexibility index (Phi) is 4.81. The molecular formula is C15H18ClNS. The summed E-state index contributed by atoms with van der Waals surface area (Å²) < 4.78 is 0.792. The highest BCUT2D eigenvalue weighted by molar-refractivity contribution is 7.16. The molecule has 18 heavy (non-hydrogen) atoms. The minimum Gasteiger partial charge on any atom is -0.320 e. The summed E-state index contributed by atoms with van der Waals surface area (Å²) in [4.78, 5) is 1.11. The molecule has 2 N–H and O–H groups in total. The summed E-state index contributed by atoms with van der Waals surface area (Å²) in [5, 5.41) is 0. The summed E-state index contributed by atoms with van der Waals surface area (Å²) in [6.07, 6.45) is 3.62. The van der Waals surface area contributed by atoms with Crippen molar-refractivity contribution in [2.75, 3.05) is 0 Å². The van der Waals surface area contributed by atoms with Crippen LogP contribution < -0.4 is 5.73 Å². The zero-order valence-corrected chi connectivity index (χ0v) is 12.1. The van der Waals surface area contributed by atoms with Crippen LogP contribution in [0.2, 0.25) is 4.34 Å². The van der Waals surface area contributed by atoms with Crippen LogP contribution in [0.3, 0.4) is 0 Å². The molecule has 1 atom stereocenters. The lowest BCUT2D eigenvalue weighted by molar-refractivity contribution is 0.793. The molecule has 0 radical (unpaired) electrons. The Bertz CT molecular complexity index is 489. The predicted molar refractivity (Wildman–Crippen MR) is 80.4 cm³/mol. The standard InChI is InChI=1S/C15H18ClNS/c1-2-3-4-11-5-7-12(8-6-11)15(17)13-9-10-14(16)18-13/h5-10,15H,2-4,17H2,1H3. The minimum absolute atomic E-state index is 0.0669. The highest BCUT2D eigenvalue weighted by Gasteiger charge is 2.11. The SMILES string of the molecule is CCCCc1ccc(C(N)c2ccc(Cl)s2)cc1. The van der Waals surface area contributed by atoms with Crippen molar-refractivity contribution in [2.45, 2.75) is 32.2 Å². The molecule has 0 aliphatic heterocycles. The maximum absolute atomic E-state index is 6.23. The highest BCUT2D eigenvalue weighted by atomic mass is 35.5. The Hall–Kier alpha value is -0.830. The van der Waals surface area contributed by atoms with Gasteiger partial charge in [-0.15, -0.1) is 11.3 Å². The lowest BCUT2D eigenvalue weighted by Gasteiger charge is -2.10. The number of thiophene rings is 1. The molecule has 0 aliphatic carbocycles. The van der Waals surface area contributed by atoms with E-state index in [0.29, 0.717) is 0 Å². The fourth-order valence-corrected chi connectivity index (χ4v) is 3.02. The van der Waals surface area contributed by atoms with Crippen molar-refractivity contribution >= 4 is 22.9 Å². The number of hydrogen-bond donors (Lipinski definition) is 1. The minimum atomic E-state index is -0.0669. The van der Waals surface area contributed by atoms with Gasteiger partial charge < -0.3 is 5.73 Å². The van der Waals surface area contributed by atoms with Gasteiger partial charge in [-0.2, -0.15) is 0 Å². The fraction of sp³-hybridized carbons (Fsp3) is 0.333. The predicted octanol–water partition coefficient (Wildman–Crippen LogP) is 4.79. The Balaban J connectivity index is 2.09. The number of rotatable bonds is 5. The molecule has 96 valence electrons. The summed E-state index contributed by atoms with van der Waals surface area (Å²) in [6.45, 7) is 2.21. The van der Waals surface area contributed by atoms with Crippen molar-refractivity contribution in [1.82, 2.24) is 0 Å². The first-order chi connectivity index (χ1) is 8.70. The van der Waals surface area contributed by atoms with Crippen molar-refractivity contribution < 1.29 is 0 Å². The van der Waals surface area contributed by atoms with Crippen molar-refractivity contribution in [2.24, 2.45) is 5.73 Å². The number of benzene rings is 1. The van der Waals surface area contributed by atoms with Gasteiger partial charge in [0, 0.05) is 4.88 Å². The Labute approximate surface area is 118 Å². The third-order valence-corrected chi connectivity index (χ3v) is 4.37. The Morgan fingerprint density at radius 2 is 1.89 bits per heavy atom. The molecule has 0 amide bonds. The van der Waals surface area contributed by atoms with Gasteiger partial charge in [0.15, 0.2) is 0 Å². The van der Waals surface area contributed by atoms with Gasteiger partial charge in [-0.05, 0) is 36.1 Å². The van der Waals surface area contributed by atoms with Crippen LogP contribution in [0, 0.1) is 0 Å². The van der Waals surface area contributed by atoms with Gasteiger partial charge in [-0.25, -0.2) is 0 Å². The van der Waals surface area contributed by atoms with E-state index >= 15 is 0 Å². The maximum atomic E-state index is 6.23. The molecule has 3 heteroatoms. The second kappa shape index (κ2) is 6.37. The van der Waals surface area contributed by atoms with Gasteiger partial charge in [0.1, 0.15) is 0 Å². The normalized spacial score (nSPS) is 12.6. The van der Waals surface area contributed by atoms with Crippen LogP contribution in [0.5, 0.6) is 0 Å². The molecule has 1 heterocycles. The van der Waals surface area contributed by atoms with E-state index in [-0.39, 0.29) is 6.04 Å². The van der Waals surface area contributed by atoms with Crippen molar-refractivity contribution in [3.63, 3.8) is 0 Å². The summed E-state index contributed by atoms with van der Waals surface area (Å²) in [7, 11) is 0. The number of aryl methyl sites for hydroxylation is 1. The average molecular weight is 280 g/mol. The van der Waals surface area contributed by atoms with Gasteiger partial charge in [0.25, 0.3) is 0 Å². The van der Waals surface area contributed by atoms with Gasteiger partial charge in [0.05, 0.1) is 10.4 Å². The quantitative estimate of drug-likeness (QED) is 0.836. The van der Waals surface area contributed by atoms with Gasteiger partial charge in [-0.1, -0.05) is 49.2 Å². The molecule has 0 spiro atoms. The van der Waals surface area contributed by atoms with E-state index in [2.05, 4.69) is 31.2 Å². The van der Waals surface area contributed by atoms with E-state index in [1.165, 1.54) is 18.4 Å². The van der Waals surface area contributed by atoms with E-state index in [4.69, 9.17) is 17.3 Å². The summed E-state index contributed by atoms with van der Waals surface area (Å²) in [6, 6.07) is 12.5. The number of nitrogens with two attached hydrogens (primary N) is 1. The van der Waals surface area contributed by atoms with E-state index in [1.807, 2.05) is 12.1 Å². The lowest BCUT2D eigenvalue weighted by Crippen LogP contribution is -2.09. The van der Waals surface area contributed by atoms with Crippen LogP contribution in [0.25, 0.3) is 0 Å². The molecule has 1 aromatic carbocycles. The summed E-state index contributed by atoms with van der Waals surface area (Å²) in [5.74, 6) is 0. The number of hydrogen-bond acceptors (Lipinski definition) is 2. The van der Waals surface area contributed by atoms with Crippen LogP contribution in [0.1, 0.15) is 41.8 Å². The average Bonchev–Trinajstić information content (AvgIpc) is 2.83. The topological polar surface area (TPSA) is 26.0 Å². The summed E-state index contributed by atoms with van der Waals surface area (Å²) >= 11 is 7.49. The molecule has 0 saturated carbocycles. The zero-order chi connectivity index (χ0) is 13.0. The Morgan fingerprint density at radius 3 is 2.44 bits per heavy atom. The zero-order valence-electron chi connectivity index (χ0n) is 10.5. The third kappa shape index (κ3) is 3.35. The molecule has 0 fully saturated rings. The Morgan fingerprint density at radius 1 is 1.17 bits per heavy atom. The van der Waals surface area contributed by atoms with E-state index in [1.54, 1.807) is 11.3 Å². The first kappa shape index (κ1) is 13.6. The first-order valence-electron chi connectivity index (χ1n) is 6.30. The highest BCUT2D eigenvalue weighted by Crippen LogP contribution is 2.29. The molecule has 0 bridgehead atoms. The van der Waals surface area contributed by atoms with Crippen molar-refractivity contribution in [3.8, 4) is 0 Å². The molecule has 1 nitrogen and oxygen atoms in total. The van der Waals surface area contributed by atoms with Gasteiger partial charge in [0.2, 0.25) is 0 Å². The van der Waals surface area contributed by atoms with Crippen LogP contribution in [-0.4, -0.2) is 0 Å². The second-order valence-electron chi connectivity index (χ2n) is 4.46. The van der Waals surface area contributed by atoms with Gasteiger partial charge in [-0.3, -0.25) is 0 Å². The lowest BCUT2D eigenvalue weighted by atomic mass is 10.0. The van der Waals surface area contributed by atoms with Crippen molar-refractivity contribution in [1.29, 1.82) is 0 Å². The summed E-state index contributed by atoms with van der Waals surface area (Å²) in [5.41, 5.74) is 8.76. The molecular weight excluding hydrogens is 262 g/mol. The van der Waals surface area contributed by atoms with Crippen molar-refractivity contribution in [3.05, 3.63) is 56.7 Å². The monoisotopic (exact) mass is 279 g/mol. The number of halogens is 1. The third-order valence-electron chi connectivity index (χ3n) is 3.06. The molecule has 1 aromatic heterocycles. The first-order valence-corrected chi connectivity index (χ1v) is 7.50. The smallest absolute Gasteiger partial charge is 0.0931 e. The van der Waals surface area contributed by atoms with E-state index in [9.17, 15) is 0 Å². The fourth-order valence-electron chi connectivity index (χ4n) is 1.93. The molecule has 1 unspecified atom stereocenters. The maximum Gasteiger partial charge on any atom is 0.0931 e. The number of unbranched alkanes of at least 4 members (excludes halogenated alkanes) is 1. The van der Waals surface area contributed by atoms with E-state index < -0.39 is 0 Å². The molecule has 0 saturated heterocycles. The van der Waals surface area contributed by atoms with Crippen LogP contribution in [0.4, 0.5) is 0 Å². The molecule has 0 aliphatic rings. The molecule has 2 aromatic rings. The van der Waals surface area contributed by atoms with E-state index in [0.717, 1.165) is 21.2 Å².